The van der Waals surface area contributed by atoms with E-state index in [4.69, 9.17) is 10.7 Å². The molecule has 2 N–H and O–H groups in total. The summed E-state index contributed by atoms with van der Waals surface area (Å²) < 4.78 is 0. The van der Waals surface area contributed by atoms with Gasteiger partial charge in [0, 0.05) is 31.0 Å². The van der Waals surface area contributed by atoms with Gasteiger partial charge in [0.2, 0.25) is 5.95 Å². The summed E-state index contributed by atoms with van der Waals surface area (Å²) in [5.74, 6) is 0.916. The number of nitrogens with zero attached hydrogens (tertiary/aromatic N) is 3. The molecule has 2 aliphatic rings. The molecule has 3 rings (SSSR count). The maximum Gasteiger partial charge on any atom is 0.225 e. The normalized spacial score (nSPS) is 23.9. The van der Waals surface area contributed by atoms with Crippen molar-refractivity contribution in [3.05, 3.63) is 17.5 Å². The highest BCUT2D eigenvalue weighted by molar-refractivity contribution is 5.36. The van der Waals surface area contributed by atoms with Gasteiger partial charge in [-0.05, 0) is 50.5 Å². The minimum atomic E-state index is 0.426. The molecular weight excluding hydrogens is 248 g/mol. The Bertz CT molecular complexity index is 446. The van der Waals surface area contributed by atoms with Crippen molar-refractivity contribution in [2.24, 2.45) is 5.73 Å². The third-order valence-corrected chi connectivity index (χ3v) is 4.71. The number of hydrogen-bond donors (Lipinski definition) is 1. The lowest BCUT2D eigenvalue weighted by Crippen LogP contribution is -2.45. The molecule has 1 aromatic heterocycles. The van der Waals surface area contributed by atoms with E-state index >= 15 is 0 Å². The second-order valence-corrected chi connectivity index (χ2v) is 6.13. The first-order valence-corrected chi connectivity index (χ1v) is 8.20. The fourth-order valence-corrected chi connectivity index (χ4v) is 3.47. The minimum Gasteiger partial charge on any atom is -0.337 e. The van der Waals surface area contributed by atoms with Crippen molar-refractivity contribution < 1.29 is 0 Å². The van der Waals surface area contributed by atoms with Crippen LogP contribution in [0, 0.1) is 0 Å². The number of nitrogens with two attached hydrogens (primary N) is 1. The Morgan fingerprint density at radius 2 is 1.95 bits per heavy atom. The standard InChI is InChI=1S/C16H26N4/c17-11-14-8-5-6-10-20(14)16-18-12-13-7-3-1-2-4-9-15(13)19-16/h12,14H,1-11,17H2. The zero-order chi connectivity index (χ0) is 13.8. The molecule has 0 amide bonds. The summed E-state index contributed by atoms with van der Waals surface area (Å²) in [6.07, 6.45) is 13.3. The van der Waals surface area contributed by atoms with Crippen molar-refractivity contribution >= 4 is 5.95 Å². The Kier molecular flexibility index (Phi) is 4.51. The predicted molar refractivity (Wildman–Crippen MR) is 81.9 cm³/mol. The highest BCUT2D eigenvalue weighted by Crippen LogP contribution is 2.24. The Labute approximate surface area is 121 Å². The molecule has 0 bridgehead atoms. The molecule has 4 heteroatoms. The van der Waals surface area contributed by atoms with Crippen LogP contribution in [-0.2, 0) is 12.8 Å². The Balaban J connectivity index is 1.84. The van der Waals surface area contributed by atoms with E-state index < -0.39 is 0 Å². The van der Waals surface area contributed by atoms with E-state index in [0.29, 0.717) is 12.6 Å². The summed E-state index contributed by atoms with van der Waals surface area (Å²) in [7, 11) is 0. The van der Waals surface area contributed by atoms with E-state index in [1.807, 2.05) is 0 Å². The maximum absolute atomic E-state index is 5.92. The first-order valence-electron chi connectivity index (χ1n) is 8.20. The monoisotopic (exact) mass is 274 g/mol. The average Bonchev–Trinajstić information content (AvgIpc) is 2.48. The van der Waals surface area contributed by atoms with Crippen molar-refractivity contribution in [3.63, 3.8) is 0 Å². The number of fused-ring (bicyclic) bond motifs is 1. The Morgan fingerprint density at radius 3 is 2.80 bits per heavy atom. The Morgan fingerprint density at radius 1 is 1.10 bits per heavy atom. The van der Waals surface area contributed by atoms with Crippen LogP contribution in [0.4, 0.5) is 5.95 Å². The molecule has 0 radical (unpaired) electrons. The van der Waals surface area contributed by atoms with Crippen molar-refractivity contribution in [2.45, 2.75) is 63.8 Å². The summed E-state index contributed by atoms with van der Waals surface area (Å²) in [4.78, 5) is 11.9. The van der Waals surface area contributed by atoms with Gasteiger partial charge in [0.1, 0.15) is 0 Å². The van der Waals surface area contributed by atoms with E-state index in [-0.39, 0.29) is 0 Å². The minimum absolute atomic E-state index is 0.426. The van der Waals surface area contributed by atoms with Gasteiger partial charge in [0.05, 0.1) is 0 Å². The third kappa shape index (κ3) is 2.95. The van der Waals surface area contributed by atoms with Crippen LogP contribution >= 0.6 is 0 Å². The number of anilines is 1. The van der Waals surface area contributed by atoms with E-state index in [9.17, 15) is 0 Å². The van der Waals surface area contributed by atoms with Crippen molar-refractivity contribution in [2.75, 3.05) is 18.0 Å². The fraction of sp³-hybridized carbons (Fsp3) is 0.750. The number of piperidine rings is 1. The van der Waals surface area contributed by atoms with Crippen LogP contribution in [0.15, 0.2) is 6.20 Å². The van der Waals surface area contributed by atoms with Crippen LogP contribution in [0.5, 0.6) is 0 Å². The van der Waals surface area contributed by atoms with Gasteiger partial charge < -0.3 is 10.6 Å². The average molecular weight is 274 g/mol. The van der Waals surface area contributed by atoms with Crippen molar-refractivity contribution in [1.82, 2.24) is 9.97 Å². The topological polar surface area (TPSA) is 55.0 Å². The van der Waals surface area contributed by atoms with Crippen molar-refractivity contribution in [3.8, 4) is 0 Å². The lowest BCUT2D eigenvalue weighted by Gasteiger charge is -2.35. The number of hydrogen-bond acceptors (Lipinski definition) is 4. The molecule has 1 unspecified atom stereocenters. The second-order valence-electron chi connectivity index (χ2n) is 6.13. The molecule has 0 aromatic carbocycles. The molecular formula is C16H26N4. The third-order valence-electron chi connectivity index (χ3n) is 4.71. The molecule has 2 heterocycles. The summed E-state index contributed by atoms with van der Waals surface area (Å²) in [6, 6.07) is 0.426. The first kappa shape index (κ1) is 13.8. The molecule has 1 atom stereocenters. The first-order chi connectivity index (χ1) is 9.88. The molecule has 0 spiro atoms. The van der Waals surface area contributed by atoms with Crippen LogP contribution < -0.4 is 10.6 Å². The van der Waals surface area contributed by atoms with Crippen LogP contribution in [0.3, 0.4) is 0 Å². The van der Waals surface area contributed by atoms with Gasteiger partial charge in [-0.25, -0.2) is 9.97 Å². The molecule has 110 valence electrons. The highest BCUT2D eigenvalue weighted by Gasteiger charge is 2.24. The zero-order valence-electron chi connectivity index (χ0n) is 12.4. The van der Waals surface area contributed by atoms with Crippen LogP contribution in [0.25, 0.3) is 0 Å². The molecule has 1 aliphatic heterocycles. The van der Waals surface area contributed by atoms with Crippen LogP contribution in [-0.4, -0.2) is 29.1 Å². The highest BCUT2D eigenvalue weighted by atomic mass is 15.3. The second kappa shape index (κ2) is 6.53. The van der Waals surface area contributed by atoms with Gasteiger partial charge in [0.25, 0.3) is 0 Å². The Hall–Kier alpha value is -1.16. The van der Waals surface area contributed by atoms with E-state index in [0.717, 1.165) is 25.3 Å². The zero-order valence-corrected chi connectivity index (χ0v) is 12.4. The summed E-state index contributed by atoms with van der Waals surface area (Å²) in [5.41, 5.74) is 8.58. The van der Waals surface area contributed by atoms with E-state index in [1.54, 1.807) is 0 Å². The van der Waals surface area contributed by atoms with Gasteiger partial charge in [-0.15, -0.1) is 0 Å². The van der Waals surface area contributed by atoms with Gasteiger partial charge in [-0.1, -0.05) is 12.8 Å². The quantitative estimate of drug-likeness (QED) is 0.900. The lowest BCUT2D eigenvalue weighted by atomic mass is 9.98. The molecule has 1 aliphatic carbocycles. The fourth-order valence-electron chi connectivity index (χ4n) is 3.47. The molecule has 0 saturated carbocycles. The summed E-state index contributed by atoms with van der Waals surface area (Å²) in [6.45, 7) is 1.76. The van der Waals surface area contributed by atoms with Gasteiger partial charge >= 0.3 is 0 Å². The van der Waals surface area contributed by atoms with E-state index in [2.05, 4.69) is 16.1 Å². The lowest BCUT2D eigenvalue weighted by molar-refractivity contribution is 0.457. The van der Waals surface area contributed by atoms with Crippen molar-refractivity contribution in [1.29, 1.82) is 0 Å². The molecule has 4 nitrogen and oxygen atoms in total. The predicted octanol–water partition coefficient (Wildman–Crippen LogP) is 2.45. The smallest absolute Gasteiger partial charge is 0.225 e. The van der Waals surface area contributed by atoms with E-state index in [1.165, 1.54) is 56.2 Å². The largest absolute Gasteiger partial charge is 0.337 e. The van der Waals surface area contributed by atoms with Gasteiger partial charge in [0.15, 0.2) is 0 Å². The summed E-state index contributed by atoms with van der Waals surface area (Å²) >= 11 is 0. The van der Waals surface area contributed by atoms with Gasteiger partial charge in [-0.2, -0.15) is 0 Å². The molecule has 1 fully saturated rings. The van der Waals surface area contributed by atoms with Crippen LogP contribution in [0.1, 0.15) is 56.2 Å². The molecule has 1 saturated heterocycles. The maximum atomic E-state index is 5.92. The summed E-state index contributed by atoms with van der Waals surface area (Å²) in [5, 5.41) is 0. The SMILES string of the molecule is NCC1CCCCN1c1ncc2c(n1)CCCCCC2. The molecule has 20 heavy (non-hydrogen) atoms. The molecule has 1 aromatic rings. The number of aryl methyl sites for hydroxylation is 2. The van der Waals surface area contributed by atoms with Gasteiger partial charge in [-0.3, -0.25) is 0 Å². The number of aromatic nitrogens is 2. The van der Waals surface area contributed by atoms with Crippen LogP contribution in [0.2, 0.25) is 0 Å². The number of rotatable bonds is 2.